The molecule has 0 radical (unpaired) electrons. The van der Waals surface area contributed by atoms with Crippen molar-refractivity contribution in [2.75, 3.05) is 54.5 Å². The second-order valence-corrected chi connectivity index (χ2v) is 9.94. The van der Waals surface area contributed by atoms with Crippen LogP contribution in [0.2, 0.25) is 0 Å². The molecule has 1 saturated carbocycles. The summed E-state index contributed by atoms with van der Waals surface area (Å²) in [5.74, 6) is 0.570. The van der Waals surface area contributed by atoms with Crippen LogP contribution in [0.5, 0.6) is 0 Å². The van der Waals surface area contributed by atoms with Crippen LogP contribution in [0.4, 0.5) is 26.2 Å². The fourth-order valence-corrected chi connectivity index (χ4v) is 5.92. The molecule has 1 aliphatic carbocycles. The van der Waals surface area contributed by atoms with E-state index in [0.717, 1.165) is 39.1 Å². The number of piperidine rings is 2. The molecule has 1 aromatic carbocycles. The maximum Gasteiger partial charge on any atom is 0.298 e. The Morgan fingerprint density at radius 2 is 1.70 bits per heavy atom. The molecule has 4 saturated heterocycles. The summed E-state index contributed by atoms with van der Waals surface area (Å²) in [6, 6.07) is 2.79. The van der Waals surface area contributed by atoms with Crippen molar-refractivity contribution in [1.82, 2.24) is 4.98 Å². The lowest BCUT2D eigenvalue weighted by molar-refractivity contribution is 0.102. The number of hydrogen-bond donors (Lipinski definition) is 1. The molecular formula is C24H28F2N4O3. The Hall–Kier alpha value is -2.68. The lowest BCUT2D eigenvalue weighted by Crippen LogP contribution is -2.49. The number of carbonyl (C=O) groups is 1. The summed E-state index contributed by atoms with van der Waals surface area (Å²) in [4.78, 5) is 21.2. The number of benzene rings is 1. The maximum atomic E-state index is 14.9. The van der Waals surface area contributed by atoms with Crippen LogP contribution in [0.3, 0.4) is 0 Å². The molecule has 5 fully saturated rings. The highest BCUT2D eigenvalue weighted by Gasteiger charge is 2.40. The number of anilines is 3. The Bertz CT molecular complexity index is 1040. The van der Waals surface area contributed by atoms with Crippen molar-refractivity contribution in [3.63, 3.8) is 0 Å². The second-order valence-electron chi connectivity index (χ2n) is 9.94. The Labute approximate surface area is 191 Å². The molecule has 1 aromatic heterocycles. The number of rotatable bonds is 5. The Kier molecular flexibility index (Phi) is 5.05. The fourth-order valence-electron chi connectivity index (χ4n) is 5.92. The van der Waals surface area contributed by atoms with E-state index in [1.807, 2.05) is 11.8 Å². The summed E-state index contributed by atoms with van der Waals surface area (Å²) in [6.07, 6.45) is 2.79. The molecule has 2 unspecified atom stereocenters. The Morgan fingerprint density at radius 3 is 2.30 bits per heavy atom. The third kappa shape index (κ3) is 3.66. The van der Waals surface area contributed by atoms with Crippen molar-refractivity contribution in [1.29, 1.82) is 0 Å². The van der Waals surface area contributed by atoms with Crippen molar-refractivity contribution in [2.24, 2.45) is 23.7 Å². The van der Waals surface area contributed by atoms with Crippen LogP contribution in [-0.4, -0.2) is 50.3 Å². The molecule has 2 bridgehead atoms. The van der Waals surface area contributed by atoms with Gasteiger partial charge in [-0.1, -0.05) is 6.92 Å². The number of nitrogens with zero attached hydrogens (tertiary/aromatic N) is 3. The number of nitrogens with one attached hydrogen (secondary N) is 1. The summed E-state index contributed by atoms with van der Waals surface area (Å²) in [6.45, 7) is 6.29. The first kappa shape index (κ1) is 20.9. The minimum absolute atomic E-state index is 0.00364. The first-order chi connectivity index (χ1) is 16.0. The van der Waals surface area contributed by atoms with Crippen molar-refractivity contribution >= 4 is 23.3 Å². The van der Waals surface area contributed by atoms with E-state index in [0.29, 0.717) is 55.0 Å². The summed E-state index contributed by atoms with van der Waals surface area (Å²) in [7, 11) is 0. The lowest BCUT2D eigenvalue weighted by atomic mass is 9.71. The molecule has 7 rings (SSSR count). The zero-order chi connectivity index (χ0) is 22.7. The number of halogens is 2. The highest BCUT2D eigenvalue weighted by molar-refractivity contribution is 6.03. The van der Waals surface area contributed by atoms with Crippen LogP contribution in [-0.2, 0) is 11.2 Å². The van der Waals surface area contributed by atoms with Gasteiger partial charge in [-0.15, -0.1) is 0 Å². The van der Waals surface area contributed by atoms with Crippen LogP contribution in [0.25, 0.3) is 0 Å². The SMILES string of the molecule is CCc1oc(N2CC3COCC3C2)nc1C(=O)Nc1cc(F)c(N2CC3CC(C3)C2)c(F)c1. The van der Waals surface area contributed by atoms with Gasteiger partial charge in [-0.05, 0) is 36.8 Å². The molecule has 0 spiro atoms. The minimum atomic E-state index is -0.658. The third-order valence-corrected chi connectivity index (χ3v) is 7.61. The van der Waals surface area contributed by atoms with Gasteiger partial charge in [0.1, 0.15) is 11.4 Å². The average molecular weight is 459 g/mol. The molecule has 1 N–H and O–H groups in total. The van der Waals surface area contributed by atoms with E-state index in [9.17, 15) is 13.6 Å². The summed E-state index contributed by atoms with van der Waals surface area (Å²) < 4.78 is 41.2. The van der Waals surface area contributed by atoms with E-state index in [4.69, 9.17) is 9.15 Å². The molecular weight excluding hydrogens is 430 g/mol. The molecule has 33 heavy (non-hydrogen) atoms. The lowest BCUT2D eigenvalue weighted by Gasteiger charge is -2.48. The largest absolute Gasteiger partial charge is 0.428 e. The van der Waals surface area contributed by atoms with Crippen molar-refractivity contribution < 1.29 is 22.7 Å². The van der Waals surface area contributed by atoms with Crippen LogP contribution in [0.15, 0.2) is 16.5 Å². The van der Waals surface area contributed by atoms with Crippen molar-refractivity contribution in [3.05, 3.63) is 35.2 Å². The number of fused-ring (bicyclic) bond motifs is 3. The molecule has 9 heteroatoms. The standard InChI is InChI=1S/C24H28F2N4O3/c1-2-20-21(28-24(33-20)30-9-15-11-32-12-16(15)10-30)23(31)27-17-5-18(25)22(19(26)6-17)29-7-13-3-14(4-13)8-29/h5-6,13-16H,2-4,7-12H2,1H3,(H,27,31). The molecule has 5 heterocycles. The number of carbonyl (C=O) groups excluding carboxylic acids is 1. The Balaban J connectivity index is 1.19. The van der Waals surface area contributed by atoms with Crippen molar-refractivity contribution in [2.45, 2.75) is 26.2 Å². The highest BCUT2D eigenvalue weighted by atomic mass is 19.1. The zero-order valence-electron chi connectivity index (χ0n) is 18.7. The van der Waals surface area contributed by atoms with Gasteiger partial charge in [-0.25, -0.2) is 8.78 Å². The van der Waals surface area contributed by atoms with Gasteiger partial charge in [0.25, 0.3) is 11.9 Å². The van der Waals surface area contributed by atoms with E-state index in [1.54, 1.807) is 4.90 Å². The van der Waals surface area contributed by atoms with E-state index < -0.39 is 17.5 Å². The fraction of sp³-hybridized carbons (Fsp3) is 0.583. The molecule has 1 amide bonds. The van der Waals surface area contributed by atoms with E-state index >= 15 is 0 Å². The molecule has 5 aliphatic rings. The number of aromatic nitrogens is 1. The zero-order valence-corrected chi connectivity index (χ0v) is 18.7. The van der Waals surface area contributed by atoms with E-state index in [-0.39, 0.29) is 17.1 Å². The van der Waals surface area contributed by atoms with Gasteiger partial charge in [-0.2, -0.15) is 4.98 Å². The van der Waals surface area contributed by atoms with Crippen LogP contribution >= 0.6 is 0 Å². The normalized spacial score (nSPS) is 28.1. The summed E-state index contributed by atoms with van der Waals surface area (Å²) >= 11 is 0. The molecule has 7 nitrogen and oxygen atoms in total. The van der Waals surface area contributed by atoms with E-state index in [1.165, 1.54) is 12.1 Å². The van der Waals surface area contributed by atoms with Gasteiger partial charge in [-0.3, -0.25) is 4.79 Å². The maximum absolute atomic E-state index is 14.9. The van der Waals surface area contributed by atoms with Gasteiger partial charge in [0.15, 0.2) is 17.3 Å². The summed E-state index contributed by atoms with van der Waals surface area (Å²) in [5, 5.41) is 2.61. The quantitative estimate of drug-likeness (QED) is 0.737. The number of ether oxygens (including phenoxy) is 1. The average Bonchev–Trinajstić information content (AvgIpc) is 3.47. The number of hydrogen-bond acceptors (Lipinski definition) is 6. The van der Waals surface area contributed by atoms with Gasteiger partial charge < -0.3 is 24.3 Å². The smallest absolute Gasteiger partial charge is 0.298 e. The van der Waals surface area contributed by atoms with Gasteiger partial charge in [0.2, 0.25) is 0 Å². The molecule has 2 atom stereocenters. The molecule has 2 aromatic rings. The Morgan fingerprint density at radius 1 is 1.06 bits per heavy atom. The van der Waals surface area contributed by atoms with Crippen molar-refractivity contribution in [3.8, 4) is 0 Å². The highest BCUT2D eigenvalue weighted by Crippen LogP contribution is 2.42. The topological polar surface area (TPSA) is 70.8 Å². The van der Waals surface area contributed by atoms with Crippen LogP contribution in [0.1, 0.15) is 36.0 Å². The number of amides is 1. The van der Waals surface area contributed by atoms with E-state index in [2.05, 4.69) is 10.3 Å². The number of aryl methyl sites for hydroxylation is 1. The van der Waals surface area contributed by atoms with Gasteiger partial charge >= 0.3 is 0 Å². The second kappa shape index (κ2) is 7.97. The minimum Gasteiger partial charge on any atom is -0.428 e. The first-order valence-corrected chi connectivity index (χ1v) is 11.9. The predicted molar refractivity (Wildman–Crippen MR) is 119 cm³/mol. The monoisotopic (exact) mass is 458 g/mol. The van der Waals surface area contributed by atoms with Crippen LogP contribution in [0, 0.1) is 35.3 Å². The first-order valence-electron chi connectivity index (χ1n) is 11.9. The van der Waals surface area contributed by atoms with Gasteiger partial charge in [0.05, 0.1) is 13.2 Å². The van der Waals surface area contributed by atoms with Crippen LogP contribution < -0.4 is 15.1 Å². The molecule has 176 valence electrons. The predicted octanol–water partition coefficient (Wildman–Crippen LogP) is 3.70. The van der Waals surface area contributed by atoms with Gasteiger partial charge in [0, 0.05) is 50.1 Å². The molecule has 4 aliphatic heterocycles. The summed E-state index contributed by atoms with van der Waals surface area (Å²) in [5.41, 5.74) is 0.228. The third-order valence-electron chi connectivity index (χ3n) is 7.61. The number of oxazole rings is 1.